The number of thiol groups is 1. The Kier molecular flexibility index (Phi) is 4.21. The number of halogens is 1. The van der Waals surface area contributed by atoms with Crippen molar-refractivity contribution in [3.05, 3.63) is 34.9 Å². The van der Waals surface area contributed by atoms with Crippen molar-refractivity contribution in [1.82, 2.24) is 0 Å². The lowest BCUT2D eigenvalue weighted by atomic mass is 10.2. The van der Waals surface area contributed by atoms with Gasteiger partial charge in [0.1, 0.15) is 4.90 Å². The molecule has 0 aromatic heterocycles. The van der Waals surface area contributed by atoms with Crippen LogP contribution in [0.5, 0.6) is 0 Å². The molecule has 6 heteroatoms. The van der Waals surface area contributed by atoms with Gasteiger partial charge in [-0.15, -0.1) is 0 Å². The molecule has 2 N–H and O–H groups in total. The second-order valence-corrected chi connectivity index (χ2v) is 5.12. The molecular weight excluding hydrogens is 254 g/mol. The van der Waals surface area contributed by atoms with Crippen LogP contribution in [0.4, 0.5) is 0 Å². The number of hydrogen-bond donors (Lipinski definition) is 2. The minimum atomic E-state index is -3.74. The first-order chi connectivity index (χ1) is 6.95. The Bertz CT molecular complexity index is 483. The highest BCUT2D eigenvalue weighted by Crippen LogP contribution is 2.22. The molecule has 1 rings (SSSR count). The van der Waals surface area contributed by atoms with Crippen LogP contribution in [-0.2, 0) is 10.0 Å². The summed E-state index contributed by atoms with van der Waals surface area (Å²) in [5.41, 5.74) is 0.807. The van der Waals surface area contributed by atoms with E-state index in [2.05, 4.69) is 12.6 Å². The van der Waals surface area contributed by atoms with Gasteiger partial charge < -0.3 is 0 Å². The Morgan fingerprint density at radius 3 is 2.60 bits per heavy atom. The summed E-state index contributed by atoms with van der Waals surface area (Å²) in [6.07, 6.45) is 3.62. The third-order valence-electron chi connectivity index (χ3n) is 1.68. The van der Waals surface area contributed by atoms with Crippen molar-refractivity contribution in [2.24, 2.45) is 5.14 Å². The molecule has 3 nitrogen and oxygen atoms in total. The molecule has 15 heavy (non-hydrogen) atoms. The molecule has 0 fully saturated rings. The first kappa shape index (κ1) is 12.6. The summed E-state index contributed by atoms with van der Waals surface area (Å²) < 4.78 is 22.1. The van der Waals surface area contributed by atoms with Gasteiger partial charge in [0, 0.05) is 5.75 Å². The van der Waals surface area contributed by atoms with Gasteiger partial charge in [0.05, 0.1) is 5.02 Å². The minimum absolute atomic E-state index is 0.0628. The molecule has 0 aliphatic carbocycles. The van der Waals surface area contributed by atoms with Crippen molar-refractivity contribution in [2.75, 3.05) is 5.75 Å². The van der Waals surface area contributed by atoms with Gasteiger partial charge in [0.2, 0.25) is 10.0 Å². The number of primary sulfonamides is 1. The lowest BCUT2D eigenvalue weighted by Gasteiger charge is -2.02. The number of benzene rings is 1. The molecule has 1 aromatic rings. The van der Waals surface area contributed by atoms with Crippen LogP contribution < -0.4 is 5.14 Å². The standard InChI is InChI=1S/C9H10ClNO2S2/c10-8-6-7(2-1-5-14)3-4-9(8)15(11,12)13/h1-4,6,14H,5H2,(H2,11,12,13). The van der Waals surface area contributed by atoms with Crippen LogP contribution in [-0.4, -0.2) is 14.2 Å². The first-order valence-corrected chi connectivity index (χ1v) is 6.60. The number of nitrogens with two attached hydrogens (primary N) is 1. The summed E-state index contributed by atoms with van der Waals surface area (Å²) in [4.78, 5) is -0.0628. The van der Waals surface area contributed by atoms with Crippen LogP contribution in [0.25, 0.3) is 6.08 Å². The zero-order valence-electron chi connectivity index (χ0n) is 7.72. The summed E-state index contributed by atoms with van der Waals surface area (Å²) in [5.74, 6) is 0.606. The van der Waals surface area contributed by atoms with Crippen molar-refractivity contribution in [2.45, 2.75) is 4.90 Å². The second-order valence-electron chi connectivity index (χ2n) is 2.82. The largest absolute Gasteiger partial charge is 0.239 e. The first-order valence-electron chi connectivity index (χ1n) is 4.05. The van der Waals surface area contributed by atoms with Gasteiger partial charge in [-0.1, -0.05) is 29.8 Å². The van der Waals surface area contributed by atoms with E-state index in [1.807, 2.05) is 6.08 Å². The Balaban J connectivity index is 3.15. The van der Waals surface area contributed by atoms with E-state index >= 15 is 0 Å². The van der Waals surface area contributed by atoms with E-state index in [1.165, 1.54) is 6.07 Å². The van der Waals surface area contributed by atoms with E-state index in [9.17, 15) is 8.42 Å². The van der Waals surface area contributed by atoms with E-state index in [0.717, 1.165) is 5.56 Å². The molecule has 0 unspecified atom stereocenters. The van der Waals surface area contributed by atoms with E-state index < -0.39 is 10.0 Å². The van der Waals surface area contributed by atoms with Gasteiger partial charge in [0.15, 0.2) is 0 Å². The van der Waals surface area contributed by atoms with Crippen molar-refractivity contribution in [3.63, 3.8) is 0 Å². The fourth-order valence-electron chi connectivity index (χ4n) is 1.04. The van der Waals surface area contributed by atoms with E-state index in [1.54, 1.807) is 18.2 Å². The van der Waals surface area contributed by atoms with Gasteiger partial charge in [-0.3, -0.25) is 0 Å². The molecule has 82 valence electrons. The Morgan fingerprint density at radius 1 is 1.47 bits per heavy atom. The Hall–Kier alpha value is -0.490. The maximum absolute atomic E-state index is 11.0. The third-order valence-corrected chi connectivity index (χ3v) is 3.28. The quantitative estimate of drug-likeness (QED) is 0.819. The summed E-state index contributed by atoms with van der Waals surface area (Å²) in [5, 5.41) is 5.09. The molecule has 0 saturated carbocycles. The maximum atomic E-state index is 11.0. The zero-order valence-corrected chi connectivity index (χ0v) is 10.2. The average molecular weight is 264 g/mol. The smallest absolute Gasteiger partial charge is 0.225 e. The molecule has 0 bridgehead atoms. The maximum Gasteiger partial charge on any atom is 0.239 e. The highest BCUT2D eigenvalue weighted by molar-refractivity contribution is 7.89. The molecule has 0 atom stereocenters. The van der Waals surface area contributed by atoms with Crippen molar-refractivity contribution in [3.8, 4) is 0 Å². The van der Waals surface area contributed by atoms with Crippen molar-refractivity contribution < 1.29 is 8.42 Å². The second kappa shape index (κ2) is 5.03. The fourth-order valence-corrected chi connectivity index (χ4v) is 2.25. The Morgan fingerprint density at radius 2 is 2.13 bits per heavy atom. The van der Waals surface area contributed by atoms with E-state index in [0.29, 0.717) is 5.75 Å². The van der Waals surface area contributed by atoms with Crippen LogP contribution >= 0.6 is 24.2 Å². The highest BCUT2D eigenvalue weighted by Gasteiger charge is 2.12. The van der Waals surface area contributed by atoms with Gasteiger partial charge >= 0.3 is 0 Å². The minimum Gasteiger partial charge on any atom is -0.225 e. The van der Waals surface area contributed by atoms with Crippen LogP contribution in [0.3, 0.4) is 0 Å². The summed E-state index contributed by atoms with van der Waals surface area (Å²) in [7, 11) is -3.74. The lowest BCUT2D eigenvalue weighted by Crippen LogP contribution is -2.12. The Labute approximate surface area is 99.4 Å². The van der Waals surface area contributed by atoms with E-state index in [4.69, 9.17) is 16.7 Å². The summed E-state index contributed by atoms with van der Waals surface area (Å²) in [6.45, 7) is 0. The van der Waals surface area contributed by atoms with Crippen molar-refractivity contribution in [1.29, 1.82) is 0 Å². The predicted octanol–water partition coefficient (Wildman–Crippen LogP) is 1.93. The highest BCUT2D eigenvalue weighted by atomic mass is 35.5. The van der Waals surface area contributed by atoms with Crippen LogP contribution in [0.1, 0.15) is 5.56 Å². The summed E-state index contributed by atoms with van der Waals surface area (Å²) >= 11 is 9.79. The molecule has 0 aliphatic rings. The van der Waals surface area contributed by atoms with E-state index in [-0.39, 0.29) is 9.92 Å². The van der Waals surface area contributed by atoms with Gasteiger partial charge in [-0.25, -0.2) is 13.6 Å². The van der Waals surface area contributed by atoms with Crippen LogP contribution in [0.15, 0.2) is 29.2 Å². The van der Waals surface area contributed by atoms with Crippen LogP contribution in [0, 0.1) is 0 Å². The number of rotatable bonds is 3. The number of hydrogen-bond acceptors (Lipinski definition) is 3. The molecule has 0 amide bonds. The monoisotopic (exact) mass is 263 g/mol. The fraction of sp³-hybridized carbons (Fsp3) is 0.111. The topological polar surface area (TPSA) is 60.2 Å². The zero-order chi connectivity index (χ0) is 11.5. The van der Waals surface area contributed by atoms with Gasteiger partial charge in [-0.2, -0.15) is 12.6 Å². The van der Waals surface area contributed by atoms with Crippen molar-refractivity contribution >= 4 is 40.3 Å². The average Bonchev–Trinajstić information content (AvgIpc) is 2.12. The molecule has 0 heterocycles. The van der Waals surface area contributed by atoms with Gasteiger partial charge in [0.25, 0.3) is 0 Å². The predicted molar refractivity (Wildman–Crippen MR) is 65.7 cm³/mol. The summed E-state index contributed by atoms with van der Waals surface area (Å²) in [6, 6.07) is 4.56. The lowest BCUT2D eigenvalue weighted by molar-refractivity contribution is 0.598. The molecule has 0 spiro atoms. The third kappa shape index (κ3) is 3.53. The van der Waals surface area contributed by atoms with Gasteiger partial charge in [-0.05, 0) is 17.7 Å². The molecule has 1 aromatic carbocycles. The normalized spacial score (nSPS) is 12.2. The van der Waals surface area contributed by atoms with Crippen LogP contribution in [0.2, 0.25) is 5.02 Å². The molecule has 0 aliphatic heterocycles. The SMILES string of the molecule is NS(=O)(=O)c1ccc(C=CCS)cc1Cl. The molecule has 0 radical (unpaired) electrons. The number of sulfonamides is 1. The molecular formula is C9H10ClNO2S2. The molecule has 0 saturated heterocycles.